The molecule has 7 nitrogen and oxygen atoms in total. The van der Waals surface area contributed by atoms with Gasteiger partial charge in [0.15, 0.2) is 0 Å². The maximum Gasteiger partial charge on any atom is 0.285 e. The van der Waals surface area contributed by atoms with Crippen LogP contribution in [0.1, 0.15) is 6.92 Å². The van der Waals surface area contributed by atoms with Crippen LogP contribution in [0.3, 0.4) is 0 Å². The third-order valence-corrected chi connectivity index (χ3v) is 3.02. The summed E-state index contributed by atoms with van der Waals surface area (Å²) >= 11 is 0. The molecular weight excluding hydrogens is 244 g/mol. The lowest BCUT2D eigenvalue weighted by atomic mass is 10.3. The van der Waals surface area contributed by atoms with Gasteiger partial charge in [0, 0.05) is 12.6 Å². The monoisotopic (exact) mass is 256 g/mol. The number of hydrogen-bond acceptors (Lipinski definition) is 3. The molecule has 0 unspecified atom stereocenters. The summed E-state index contributed by atoms with van der Waals surface area (Å²) in [4.78, 5) is 10.7. The number of sulfonamides is 1. The number of amides is 1. The zero-order chi connectivity index (χ0) is 13.1. The van der Waals surface area contributed by atoms with Gasteiger partial charge in [-0.3, -0.25) is 4.79 Å². The SMILES string of the molecule is CC(=O)Nc1ccc(S(=O)(=O)N=C(N)N)cc1. The minimum atomic E-state index is -3.88. The fraction of sp³-hybridized carbons (Fsp3) is 0.111. The Kier molecular flexibility index (Phi) is 3.69. The summed E-state index contributed by atoms with van der Waals surface area (Å²) in [5.41, 5.74) is 10.5. The standard InChI is InChI=1S/C9H12N4O3S/c1-6(14)12-7-2-4-8(5-3-7)17(15,16)13-9(10)11/h2-5H,1H3,(H,12,14)(H4,10,11,13). The third kappa shape index (κ3) is 3.76. The molecule has 0 heterocycles. The molecule has 0 fully saturated rings. The van der Waals surface area contributed by atoms with Gasteiger partial charge in [0.2, 0.25) is 11.9 Å². The second-order valence-electron chi connectivity index (χ2n) is 3.20. The zero-order valence-electron chi connectivity index (χ0n) is 9.04. The number of carbonyl (C=O) groups is 1. The Morgan fingerprint density at radius 1 is 1.24 bits per heavy atom. The van der Waals surface area contributed by atoms with E-state index < -0.39 is 16.0 Å². The van der Waals surface area contributed by atoms with Crippen LogP contribution in [0.15, 0.2) is 33.6 Å². The summed E-state index contributed by atoms with van der Waals surface area (Å²) in [7, 11) is -3.88. The van der Waals surface area contributed by atoms with E-state index in [0.29, 0.717) is 5.69 Å². The highest BCUT2D eigenvalue weighted by atomic mass is 32.2. The van der Waals surface area contributed by atoms with Crippen molar-refractivity contribution in [2.45, 2.75) is 11.8 Å². The smallest absolute Gasteiger partial charge is 0.285 e. The number of nitrogens with one attached hydrogen (secondary N) is 1. The van der Waals surface area contributed by atoms with Crippen LogP contribution >= 0.6 is 0 Å². The summed E-state index contributed by atoms with van der Waals surface area (Å²) in [6.45, 7) is 1.35. The second kappa shape index (κ2) is 4.83. The van der Waals surface area contributed by atoms with Crippen molar-refractivity contribution in [3.63, 3.8) is 0 Å². The van der Waals surface area contributed by atoms with Gasteiger partial charge < -0.3 is 16.8 Å². The number of rotatable bonds is 3. The molecule has 92 valence electrons. The highest BCUT2D eigenvalue weighted by Gasteiger charge is 2.12. The molecule has 1 rings (SSSR count). The number of carbonyl (C=O) groups excluding carboxylic acids is 1. The van der Waals surface area contributed by atoms with Gasteiger partial charge in [-0.05, 0) is 24.3 Å². The topological polar surface area (TPSA) is 128 Å². The van der Waals surface area contributed by atoms with Crippen LogP contribution in [0, 0.1) is 0 Å². The summed E-state index contributed by atoms with van der Waals surface area (Å²) in [6.07, 6.45) is 0. The van der Waals surface area contributed by atoms with E-state index in [1.165, 1.54) is 31.2 Å². The summed E-state index contributed by atoms with van der Waals surface area (Å²) in [6, 6.07) is 5.48. The first-order chi connectivity index (χ1) is 7.81. The minimum Gasteiger partial charge on any atom is -0.369 e. The lowest BCUT2D eigenvalue weighted by molar-refractivity contribution is -0.114. The van der Waals surface area contributed by atoms with Gasteiger partial charge in [-0.2, -0.15) is 8.42 Å². The Balaban J connectivity index is 3.03. The molecule has 0 aliphatic rings. The molecule has 0 aromatic heterocycles. The van der Waals surface area contributed by atoms with Gasteiger partial charge in [0.1, 0.15) is 0 Å². The van der Waals surface area contributed by atoms with Crippen LogP contribution in [-0.4, -0.2) is 20.3 Å². The molecule has 0 bridgehead atoms. The number of anilines is 1. The molecule has 8 heteroatoms. The molecular formula is C9H12N4O3S. The van der Waals surface area contributed by atoms with Crippen LogP contribution < -0.4 is 16.8 Å². The van der Waals surface area contributed by atoms with Gasteiger partial charge in [-0.1, -0.05) is 0 Å². The molecule has 0 aliphatic heterocycles. The van der Waals surface area contributed by atoms with Crippen LogP contribution in [0.5, 0.6) is 0 Å². The van der Waals surface area contributed by atoms with E-state index in [1.807, 2.05) is 0 Å². The van der Waals surface area contributed by atoms with Crippen molar-refractivity contribution in [2.24, 2.45) is 15.9 Å². The predicted octanol–water partition coefficient (Wildman–Crippen LogP) is -0.393. The first-order valence-electron chi connectivity index (χ1n) is 4.55. The summed E-state index contributed by atoms with van der Waals surface area (Å²) in [5, 5.41) is 2.51. The van der Waals surface area contributed by atoms with E-state index in [4.69, 9.17) is 11.5 Å². The Morgan fingerprint density at radius 2 is 1.76 bits per heavy atom. The molecule has 0 saturated carbocycles. The van der Waals surface area contributed by atoms with Gasteiger partial charge >= 0.3 is 0 Å². The van der Waals surface area contributed by atoms with Crippen LogP contribution in [-0.2, 0) is 14.8 Å². The highest BCUT2D eigenvalue weighted by Crippen LogP contribution is 2.15. The minimum absolute atomic E-state index is 0.0556. The van der Waals surface area contributed by atoms with Gasteiger partial charge in [-0.25, -0.2) is 0 Å². The van der Waals surface area contributed by atoms with Gasteiger partial charge in [0.05, 0.1) is 4.90 Å². The van der Waals surface area contributed by atoms with Crippen molar-refractivity contribution in [1.82, 2.24) is 0 Å². The summed E-state index contributed by atoms with van der Waals surface area (Å²) in [5.74, 6) is -0.777. The molecule has 1 amide bonds. The zero-order valence-corrected chi connectivity index (χ0v) is 9.86. The van der Waals surface area contributed by atoms with E-state index in [2.05, 4.69) is 9.71 Å². The number of nitrogens with two attached hydrogens (primary N) is 2. The van der Waals surface area contributed by atoms with Crippen molar-refractivity contribution in [3.8, 4) is 0 Å². The van der Waals surface area contributed by atoms with Crippen LogP contribution in [0.25, 0.3) is 0 Å². The number of guanidine groups is 1. The Hall–Kier alpha value is -2.09. The van der Waals surface area contributed by atoms with Crippen LogP contribution in [0.4, 0.5) is 5.69 Å². The van der Waals surface area contributed by atoms with E-state index in [1.54, 1.807) is 0 Å². The second-order valence-corrected chi connectivity index (χ2v) is 4.80. The molecule has 1 aromatic carbocycles. The van der Waals surface area contributed by atoms with Crippen molar-refractivity contribution < 1.29 is 13.2 Å². The number of nitrogens with zero attached hydrogens (tertiary/aromatic N) is 1. The van der Waals surface area contributed by atoms with Gasteiger partial charge in [0.25, 0.3) is 10.0 Å². The van der Waals surface area contributed by atoms with Crippen molar-refractivity contribution >= 4 is 27.6 Å². The fourth-order valence-corrected chi connectivity index (χ4v) is 1.97. The van der Waals surface area contributed by atoms with E-state index in [9.17, 15) is 13.2 Å². The van der Waals surface area contributed by atoms with Gasteiger partial charge in [-0.15, -0.1) is 4.40 Å². The number of benzene rings is 1. The van der Waals surface area contributed by atoms with Crippen molar-refractivity contribution in [3.05, 3.63) is 24.3 Å². The molecule has 5 N–H and O–H groups in total. The van der Waals surface area contributed by atoms with Crippen molar-refractivity contribution in [2.75, 3.05) is 5.32 Å². The maximum atomic E-state index is 11.5. The lowest BCUT2D eigenvalue weighted by Crippen LogP contribution is -2.24. The Morgan fingerprint density at radius 3 is 2.18 bits per heavy atom. The largest absolute Gasteiger partial charge is 0.369 e. The fourth-order valence-electron chi connectivity index (χ4n) is 1.10. The Bertz CT molecular complexity index is 544. The third-order valence-electron chi connectivity index (χ3n) is 1.70. The molecule has 0 atom stereocenters. The molecule has 0 saturated heterocycles. The number of hydrogen-bond donors (Lipinski definition) is 3. The molecule has 17 heavy (non-hydrogen) atoms. The first-order valence-corrected chi connectivity index (χ1v) is 5.99. The molecule has 1 aromatic rings. The average molecular weight is 256 g/mol. The average Bonchev–Trinajstić information content (AvgIpc) is 2.15. The Labute approximate surface area is 98.6 Å². The van der Waals surface area contributed by atoms with Crippen molar-refractivity contribution in [1.29, 1.82) is 0 Å². The van der Waals surface area contributed by atoms with E-state index >= 15 is 0 Å². The normalized spacial score (nSPS) is 10.6. The molecule has 0 radical (unpaired) electrons. The predicted molar refractivity (Wildman–Crippen MR) is 63.7 cm³/mol. The summed E-state index contributed by atoms with van der Waals surface area (Å²) < 4.78 is 26.2. The van der Waals surface area contributed by atoms with Crippen LogP contribution in [0.2, 0.25) is 0 Å². The highest BCUT2D eigenvalue weighted by molar-refractivity contribution is 7.90. The van der Waals surface area contributed by atoms with E-state index in [0.717, 1.165) is 0 Å². The maximum absolute atomic E-state index is 11.5. The quantitative estimate of drug-likeness (QED) is 0.501. The molecule has 0 spiro atoms. The van der Waals surface area contributed by atoms with E-state index in [-0.39, 0.29) is 10.8 Å². The molecule has 0 aliphatic carbocycles. The lowest BCUT2D eigenvalue weighted by Gasteiger charge is -2.03. The first kappa shape index (κ1) is 13.0.